The standard InChI is InChI=1S/C23H27NO5/c1-15(17-8-6-5-7-9-17)29-21-12-18(10-11-20(21)28-4)19-13-24(22(26)27)14-23(19,3)16(2)25/h5-12,15,19H,13-14H2,1-4H3,(H,26,27). The molecular formula is C23H27NO5. The van der Waals surface area contributed by atoms with E-state index in [0.717, 1.165) is 11.1 Å². The van der Waals surface area contributed by atoms with Gasteiger partial charge in [-0.05, 0) is 37.1 Å². The number of amides is 1. The Kier molecular flexibility index (Phi) is 5.82. The van der Waals surface area contributed by atoms with Crippen LogP contribution in [0.3, 0.4) is 0 Å². The maximum Gasteiger partial charge on any atom is 0.407 e. The largest absolute Gasteiger partial charge is 0.493 e. The lowest BCUT2D eigenvalue weighted by Crippen LogP contribution is -2.34. The number of carboxylic acid groups (broad SMARTS) is 1. The van der Waals surface area contributed by atoms with Crippen molar-refractivity contribution in [2.45, 2.75) is 32.8 Å². The number of methoxy groups -OCH3 is 1. The molecule has 0 radical (unpaired) electrons. The molecule has 0 spiro atoms. The van der Waals surface area contributed by atoms with Gasteiger partial charge in [-0.3, -0.25) is 4.79 Å². The quantitative estimate of drug-likeness (QED) is 0.776. The van der Waals surface area contributed by atoms with Gasteiger partial charge in [0.25, 0.3) is 0 Å². The molecule has 1 saturated heterocycles. The molecule has 0 aromatic heterocycles. The lowest BCUT2D eigenvalue weighted by Gasteiger charge is -2.28. The molecule has 1 aliphatic heterocycles. The van der Waals surface area contributed by atoms with Crippen LogP contribution in [0, 0.1) is 5.41 Å². The Balaban J connectivity index is 1.95. The molecule has 2 aromatic carbocycles. The number of hydrogen-bond acceptors (Lipinski definition) is 4. The molecule has 3 rings (SSSR count). The lowest BCUT2D eigenvalue weighted by atomic mass is 9.73. The van der Waals surface area contributed by atoms with Crippen molar-refractivity contribution in [3.05, 3.63) is 59.7 Å². The molecule has 0 bridgehead atoms. The van der Waals surface area contributed by atoms with Gasteiger partial charge in [-0.1, -0.05) is 43.3 Å². The first-order chi connectivity index (χ1) is 13.8. The minimum absolute atomic E-state index is 0.0257. The zero-order chi connectivity index (χ0) is 21.2. The van der Waals surface area contributed by atoms with E-state index in [4.69, 9.17) is 9.47 Å². The second kappa shape index (κ2) is 8.15. The van der Waals surface area contributed by atoms with Crippen LogP contribution in [0.5, 0.6) is 11.5 Å². The molecule has 2 aromatic rings. The molecule has 1 amide bonds. The van der Waals surface area contributed by atoms with Crippen LogP contribution in [0.15, 0.2) is 48.5 Å². The van der Waals surface area contributed by atoms with Crippen molar-refractivity contribution >= 4 is 11.9 Å². The highest BCUT2D eigenvalue weighted by molar-refractivity contribution is 5.85. The van der Waals surface area contributed by atoms with E-state index >= 15 is 0 Å². The normalized spacial score (nSPS) is 22.2. The second-order valence-electron chi connectivity index (χ2n) is 7.77. The topological polar surface area (TPSA) is 76.1 Å². The fourth-order valence-corrected chi connectivity index (χ4v) is 3.95. The van der Waals surface area contributed by atoms with Crippen LogP contribution in [0.1, 0.15) is 43.9 Å². The third kappa shape index (κ3) is 4.06. The van der Waals surface area contributed by atoms with Crippen LogP contribution in [0.25, 0.3) is 0 Å². The van der Waals surface area contributed by atoms with E-state index in [0.29, 0.717) is 11.5 Å². The molecule has 1 aliphatic rings. The third-order valence-electron chi connectivity index (χ3n) is 5.93. The summed E-state index contributed by atoms with van der Waals surface area (Å²) in [7, 11) is 1.58. The Morgan fingerprint density at radius 3 is 2.45 bits per heavy atom. The Bertz CT molecular complexity index is 897. The summed E-state index contributed by atoms with van der Waals surface area (Å²) in [6, 6.07) is 15.4. The predicted octanol–water partition coefficient (Wildman–Crippen LogP) is 4.51. The van der Waals surface area contributed by atoms with Gasteiger partial charge < -0.3 is 19.5 Å². The number of likely N-dealkylation sites (tertiary alicyclic amines) is 1. The van der Waals surface area contributed by atoms with Crippen LogP contribution in [0.2, 0.25) is 0 Å². The third-order valence-corrected chi connectivity index (χ3v) is 5.93. The van der Waals surface area contributed by atoms with E-state index in [9.17, 15) is 14.7 Å². The molecule has 1 N–H and O–H groups in total. The molecule has 1 heterocycles. The van der Waals surface area contributed by atoms with Gasteiger partial charge in [0, 0.05) is 19.0 Å². The summed E-state index contributed by atoms with van der Waals surface area (Å²) in [5, 5.41) is 9.44. The predicted molar refractivity (Wildman–Crippen MR) is 110 cm³/mol. The number of ether oxygens (including phenoxy) is 2. The van der Waals surface area contributed by atoms with Crippen molar-refractivity contribution in [2.24, 2.45) is 5.41 Å². The van der Waals surface area contributed by atoms with Crippen molar-refractivity contribution in [1.82, 2.24) is 4.90 Å². The number of rotatable bonds is 6. The van der Waals surface area contributed by atoms with Crippen LogP contribution < -0.4 is 9.47 Å². The summed E-state index contributed by atoms with van der Waals surface area (Å²) in [5.74, 6) is 0.883. The maximum atomic E-state index is 12.4. The summed E-state index contributed by atoms with van der Waals surface area (Å²) >= 11 is 0. The van der Waals surface area contributed by atoms with Crippen LogP contribution >= 0.6 is 0 Å². The van der Waals surface area contributed by atoms with Crippen LogP contribution in [0.4, 0.5) is 4.79 Å². The summed E-state index contributed by atoms with van der Waals surface area (Å²) in [6.07, 6.45) is -1.21. The fraction of sp³-hybridized carbons (Fsp3) is 0.391. The van der Waals surface area contributed by atoms with Crippen molar-refractivity contribution in [3.63, 3.8) is 0 Å². The zero-order valence-electron chi connectivity index (χ0n) is 17.2. The Labute approximate surface area is 171 Å². The first-order valence-electron chi connectivity index (χ1n) is 9.64. The van der Waals surface area contributed by atoms with Crippen LogP contribution in [-0.2, 0) is 4.79 Å². The first-order valence-corrected chi connectivity index (χ1v) is 9.64. The highest BCUT2D eigenvalue weighted by Crippen LogP contribution is 2.45. The highest BCUT2D eigenvalue weighted by atomic mass is 16.5. The van der Waals surface area contributed by atoms with E-state index in [1.54, 1.807) is 7.11 Å². The molecule has 3 unspecified atom stereocenters. The summed E-state index contributed by atoms with van der Waals surface area (Å²) in [5.41, 5.74) is 1.11. The van der Waals surface area contributed by atoms with Gasteiger partial charge in [0.15, 0.2) is 11.5 Å². The van der Waals surface area contributed by atoms with Crippen molar-refractivity contribution in [2.75, 3.05) is 20.2 Å². The van der Waals surface area contributed by atoms with Crippen LogP contribution in [-0.4, -0.2) is 42.1 Å². The smallest absolute Gasteiger partial charge is 0.407 e. The fourth-order valence-electron chi connectivity index (χ4n) is 3.95. The maximum absolute atomic E-state index is 12.4. The molecule has 1 fully saturated rings. The second-order valence-corrected chi connectivity index (χ2v) is 7.77. The van der Waals surface area contributed by atoms with Gasteiger partial charge in [0.05, 0.1) is 12.5 Å². The number of nitrogens with zero attached hydrogens (tertiary/aromatic N) is 1. The van der Waals surface area contributed by atoms with Gasteiger partial charge in [-0.2, -0.15) is 0 Å². The summed E-state index contributed by atoms with van der Waals surface area (Å²) in [4.78, 5) is 25.3. The van der Waals surface area contributed by atoms with Crippen molar-refractivity contribution in [3.8, 4) is 11.5 Å². The van der Waals surface area contributed by atoms with Gasteiger partial charge >= 0.3 is 6.09 Å². The van der Waals surface area contributed by atoms with Gasteiger partial charge in [0.1, 0.15) is 11.9 Å². The van der Waals surface area contributed by atoms with E-state index in [1.807, 2.05) is 62.4 Å². The number of carbonyl (C=O) groups is 2. The lowest BCUT2D eigenvalue weighted by molar-refractivity contribution is -0.125. The zero-order valence-corrected chi connectivity index (χ0v) is 17.2. The van der Waals surface area contributed by atoms with Gasteiger partial charge in [-0.15, -0.1) is 0 Å². The van der Waals surface area contributed by atoms with Gasteiger partial charge in [-0.25, -0.2) is 4.79 Å². The molecule has 6 heteroatoms. The average molecular weight is 397 g/mol. The number of Topliss-reactive ketones (excluding diaryl/α,β-unsaturated/α-hetero) is 1. The SMILES string of the molecule is COc1ccc(C2CN(C(=O)O)CC2(C)C(C)=O)cc1OC(C)c1ccccc1. The van der Waals surface area contributed by atoms with Crippen molar-refractivity contribution in [1.29, 1.82) is 0 Å². The van der Waals surface area contributed by atoms with E-state index < -0.39 is 11.5 Å². The average Bonchev–Trinajstić information content (AvgIpc) is 3.08. The molecule has 6 nitrogen and oxygen atoms in total. The molecule has 0 aliphatic carbocycles. The molecule has 0 saturated carbocycles. The number of benzene rings is 2. The van der Waals surface area contributed by atoms with E-state index in [2.05, 4.69) is 0 Å². The Morgan fingerprint density at radius 2 is 1.86 bits per heavy atom. The minimum Gasteiger partial charge on any atom is -0.493 e. The minimum atomic E-state index is -1.01. The summed E-state index contributed by atoms with van der Waals surface area (Å²) < 4.78 is 11.6. The van der Waals surface area contributed by atoms with Crippen molar-refractivity contribution < 1.29 is 24.2 Å². The number of ketones is 1. The summed E-state index contributed by atoms with van der Waals surface area (Å²) in [6.45, 7) is 5.77. The molecule has 154 valence electrons. The first kappa shape index (κ1) is 20.7. The molecule has 3 atom stereocenters. The number of carbonyl (C=O) groups excluding carboxylic acids is 1. The van der Waals surface area contributed by atoms with Gasteiger partial charge in [0.2, 0.25) is 0 Å². The Hall–Kier alpha value is -3.02. The molecular weight excluding hydrogens is 370 g/mol. The molecule has 29 heavy (non-hydrogen) atoms. The van der Waals surface area contributed by atoms with E-state index in [1.165, 1.54) is 11.8 Å². The Morgan fingerprint density at radius 1 is 1.17 bits per heavy atom. The van der Waals surface area contributed by atoms with E-state index in [-0.39, 0.29) is 30.9 Å². The highest BCUT2D eigenvalue weighted by Gasteiger charge is 2.48. The number of hydrogen-bond donors (Lipinski definition) is 1. The monoisotopic (exact) mass is 397 g/mol.